The van der Waals surface area contributed by atoms with Gasteiger partial charge in [-0.25, -0.2) is 4.98 Å². The van der Waals surface area contributed by atoms with Crippen molar-refractivity contribution >= 4 is 11.6 Å². The number of amides is 1. The molecule has 3 aromatic rings. The number of carbonyl (C=O) groups excluding carboxylic acids is 1. The van der Waals surface area contributed by atoms with Crippen molar-refractivity contribution in [2.24, 2.45) is 0 Å². The Morgan fingerprint density at radius 3 is 2.68 bits per heavy atom. The fraction of sp³-hybridized carbons (Fsp3) is 0.211. The van der Waals surface area contributed by atoms with Gasteiger partial charge in [-0.3, -0.25) is 9.78 Å². The van der Waals surface area contributed by atoms with Crippen molar-refractivity contribution in [3.8, 4) is 5.75 Å². The van der Waals surface area contributed by atoms with Crippen molar-refractivity contribution in [1.29, 1.82) is 0 Å². The van der Waals surface area contributed by atoms with Crippen LogP contribution in [-0.4, -0.2) is 27.0 Å². The van der Waals surface area contributed by atoms with Gasteiger partial charge >= 0.3 is 0 Å². The molecular weight excluding hydrogens is 316 g/mol. The van der Waals surface area contributed by atoms with Crippen LogP contribution in [0, 0.1) is 6.92 Å². The zero-order chi connectivity index (χ0) is 17.6. The molecule has 3 rings (SSSR count). The largest absolute Gasteiger partial charge is 0.482 e. The van der Waals surface area contributed by atoms with E-state index in [1.54, 1.807) is 30.7 Å². The molecular formula is C19H20N4O2. The van der Waals surface area contributed by atoms with Crippen LogP contribution in [0.2, 0.25) is 0 Å². The highest BCUT2D eigenvalue weighted by atomic mass is 16.5. The summed E-state index contributed by atoms with van der Waals surface area (Å²) in [6.45, 7) is 4.04. The Hall–Kier alpha value is -3.15. The smallest absolute Gasteiger partial charge is 0.262 e. The van der Waals surface area contributed by atoms with Crippen LogP contribution < -0.4 is 10.1 Å². The number of hydrogen-bond donors (Lipinski definition) is 1. The predicted molar refractivity (Wildman–Crippen MR) is 95.6 cm³/mol. The lowest BCUT2D eigenvalue weighted by Crippen LogP contribution is -2.20. The molecule has 6 heteroatoms. The highest BCUT2D eigenvalue weighted by Gasteiger charge is 2.10. The van der Waals surface area contributed by atoms with E-state index in [9.17, 15) is 4.79 Å². The van der Waals surface area contributed by atoms with Gasteiger partial charge in [0.2, 0.25) is 0 Å². The number of aromatic nitrogens is 3. The summed E-state index contributed by atoms with van der Waals surface area (Å²) in [6.07, 6.45) is 6.98. The quantitative estimate of drug-likeness (QED) is 0.750. The molecule has 6 nitrogen and oxygen atoms in total. The summed E-state index contributed by atoms with van der Waals surface area (Å²) >= 11 is 0. The van der Waals surface area contributed by atoms with Crippen LogP contribution >= 0.6 is 0 Å². The number of ether oxygens (including phenoxy) is 1. The number of rotatable bonds is 6. The SMILES string of the molecule is Cc1nccn1[C@@H](C)c1ccc(NC(=O)COc2cccnc2)cc1. The van der Waals surface area contributed by atoms with E-state index in [2.05, 4.69) is 26.8 Å². The van der Waals surface area contributed by atoms with E-state index >= 15 is 0 Å². The third-order valence-corrected chi connectivity index (χ3v) is 3.96. The fourth-order valence-electron chi connectivity index (χ4n) is 2.58. The molecule has 0 saturated heterocycles. The topological polar surface area (TPSA) is 69.0 Å². The average molecular weight is 336 g/mol. The van der Waals surface area contributed by atoms with Gasteiger partial charge in [-0.2, -0.15) is 0 Å². The molecule has 0 fully saturated rings. The van der Waals surface area contributed by atoms with Crippen molar-refractivity contribution in [3.63, 3.8) is 0 Å². The Bertz CT molecular complexity index is 828. The van der Waals surface area contributed by atoms with E-state index in [1.807, 2.05) is 37.4 Å². The Balaban J connectivity index is 1.57. The molecule has 1 amide bonds. The van der Waals surface area contributed by atoms with Gasteiger partial charge in [0, 0.05) is 24.3 Å². The number of hydrogen-bond acceptors (Lipinski definition) is 4. The molecule has 1 atom stereocenters. The lowest BCUT2D eigenvalue weighted by molar-refractivity contribution is -0.118. The second kappa shape index (κ2) is 7.61. The van der Waals surface area contributed by atoms with Crippen molar-refractivity contribution in [3.05, 3.63) is 72.6 Å². The fourth-order valence-corrected chi connectivity index (χ4v) is 2.58. The van der Waals surface area contributed by atoms with Gasteiger partial charge in [0.15, 0.2) is 6.61 Å². The minimum Gasteiger partial charge on any atom is -0.482 e. The van der Waals surface area contributed by atoms with Crippen LogP contribution in [-0.2, 0) is 4.79 Å². The zero-order valence-electron chi connectivity index (χ0n) is 14.2. The molecule has 0 aliphatic rings. The van der Waals surface area contributed by atoms with Gasteiger partial charge in [0.25, 0.3) is 5.91 Å². The number of carbonyl (C=O) groups is 1. The van der Waals surface area contributed by atoms with E-state index < -0.39 is 0 Å². The van der Waals surface area contributed by atoms with Crippen LogP contribution in [0.1, 0.15) is 24.4 Å². The monoisotopic (exact) mass is 336 g/mol. The minimum absolute atomic E-state index is 0.0575. The molecule has 2 heterocycles. The first-order valence-corrected chi connectivity index (χ1v) is 8.05. The molecule has 0 bridgehead atoms. The molecule has 0 unspecified atom stereocenters. The molecule has 1 N–H and O–H groups in total. The van der Waals surface area contributed by atoms with Gasteiger partial charge in [-0.1, -0.05) is 12.1 Å². The second-order valence-corrected chi connectivity index (χ2v) is 5.71. The first kappa shape index (κ1) is 16.7. The summed E-state index contributed by atoms with van der Waals surface area (Å²) in [6, 6.07) is 11.5. The Morgan fingerprint density at radius 2 is 2.04 bits per heavy atom. The molecule has 0 aliphatic carbocycles. The van der Waals surface area contributed by atoms with Gasteiger partial charge in [0.05, 0.1) is 12.2 Å². The predicted octanol–water partition coefficient (Wildman–Crippen LogP) is 3.21. The molecule has 0 spiro atoms. The third-order valence-electron chi connectivity index (χ3n) is 3.96. The van der Waals surface area contributed by atoms with E-state index in [4.69, 9.17) is 4.74 Å². The van der Waals surface area contributed by atoms with Gasteiger partial charge in [-0.15, -0.1) is 0 Å². The molecule has 25 heavy (non-hydrogen) atoms. The number of pyridine rings is 1. The van der Waals surface area contributed by atoms with Crippen LogP contribution in [0.25, 0.3) is 0 Å². The summed E-state index contributed by atoms with van der Waals surface area (Å²) in [5, 5.41) is 2.82. The zero-order valence-corrected chi connectivity index (χ0v) is 14.2. The van der Waals surface area contributed by atoms with Gasteiger partial charge in [-0.05, 0) is 43.7 Å². The van der Waals surface area contributed by atoms with Crippen molar-refractivity contribution < 1.29 is 9.53 Å². The lowest BCUT2D eigenvalue weighted by Gasteiger charge is -2.16. The summed E-state index contributed by atoms with van der Waals surface area (Å²) in [4.78, 5) is 20.2. The Morgan fingerprint density at radius 1 is 1.24 bits per heavy atom. The van der Waals surface area contributed by atoms with E-state index in [0.29, 0.717) is 5.75 Å². The molecule has 128 valence electrons. The summed E-state index contributed by atoms with van der Waals surface area (Å²) in [7, 11) is 0. The maximum atomic E-state index is 12.0. The Kier molecular flexibility index (Phi) is 5.09. The van der Waals surface area contributed by atoms with E-state index in [1.165, 1.54) is 0 Å². The van der Waals surface area contributed by atoms with Gasteiger partial charge < -0.3 is 14.6 Å². The van der Waals surface area contributed by atoms with Crippen LogP contribution in [0.3, 0.4) is 0 Å². The average Bonchev–Trinajstić information content (AvgIpc) is 3.07. The number of imidazole rings is 1. The number of benzene rings is 1. The van der Waals surface area contributed by atoms with Crippen LogP contribution in [0.15, 0.2) is 61.2 Å². The number of nitrogens with zero attached hydrogens (tertiary/aromatic N) is 3. The maximum absolute atomic E-state index is 12.0. The second-order valence-electron chi connectivity index (χ2n) is 5.71. The van der Waals surface area contributed by atoms with Crippen molar-refractivity contribution in [2.75, 3.05) is 11.9 Å². The highest BCUT2D eigenvalue weighted by molar-refractivity contribution is 5.91. The lowest BCUT2D eigenvalue weighted by atomic mass is 10.1. The summed E-state index contributed by atoms with van der Waals surface area (Å²) in [5.74, 6) is 1.32. The van der Waals surface area contributed by atoms with Crippen molar-refractivity contribution in [2.45, 2.75) is 19.9 Å². The van der Waals surface area contributed by atoms with E-state index in [-0.39, 0.29) is 18.6 Å². The third kappa shape index (κ3) is 4.23. The van der Waals surface area contributed by atoms with Crippen molar-refractivity contribution in [1.82, 2.24) is 14.5 Å². The Labute approximate surface area is 146 Å². The summed E-state index contributed by atoms with van der Waals surface area (Å²) in [5.41, 5.74) is 1.88. The standard InChI is InChI=1S/C19H20N4O2/c1-14(23-11-10-21-15(23)2)16-5-7-17(8-6-16)22-19(24)13-25-18-4-3-9-20-12-18/h3-12,14H,13H2,1-2H3,(H,22,24)/t14-/m0/s1. The number of nitrogens with one attached hydrogen (secondary N) is 1. The normalized spacial score (nSPS) is 11.8. The minimum atomic E-state index is -0.213. The first-order valence-electron chi connectivity index (χ1n) is 8.05. The maximum Gasteiger partial charge on any atom is 0.262 e. The highest BCUT2D eigenvalue weighted by Crippen LogP contribution is 2.21. The number of anilines is 1. The van der Waals surface area contributed by atoms with Gasteiger partial charge in [0.1, 0.15) is 11.6 Å². The molecule has 2 aromatic heterocycles. The van der Waals surface area contributed by atoms with Crippen LogP contribution in [0.4, 0.5) is 5.69 Å². The molecule has 1 aromatic carbocycles. The molecule has 0 aliphatic heterocycles. The molecule has 0 saturated carbocycles. The molecule has 0 radical (unpaired) electrons. The number of aryl methyl sites for hydroxylation is 1. The summed E-state index contributed by atoms with van der Waals surface area (Å²) < 4.78 is 7.49. The van der Waals surface area contributed by atoms with Crippen LogP contribution in [0.5, 0.6) is 5.75 Å². The van der Waals surface area contributed by atoms with E-state index in [0.717, 1.165) is 17.1 Å². The first-order chi connectivity index (χ1) is 12.1.